The minimum atomic E-state index is -0.684. The number of amides is 1. The number of hydrogen-bond acceptors (Lipinski definition) is 4. The van der Waals surface area contributed by atoms with Gasteiger partial charge in [0.05, 0.1) is 10.0 Å². The van der Waals surface area contributed by atoms with E-state index in [1.807, 2.05) is 0 Å². The Balaban J connectivity index is 3.04. The predicted octanol–water partition coefficient (Wildman–Crippen LogP) is 2.00. The molecule has 0 aromatic heterocycles. The van der Waals surface area contributed by atoms with Crippen molar-refractivity contribution in [3.8, 4) is 0 Å². The molecule has 0 atom stereocenters. The first-order valence-corrected chi connectivity index (χ1v) is 6.57. The normalized spacial score (nSPS) is 11.1. The van der Waals surface area contributed by atoms with E-state index in [1.165, 1.54) is 24.1 Å². The van der Waals surface area contributed by atoms with Crippen LogP contribution in [-0.2, 0) is 0 Å². The zero-order chi connectivity index (χ0) is 15.3. The van der Waals surface area contributed by atoms with Crippen LogP contribution in [0.25, 0.3) is 0 Å². The lowest BCUT2D eigenvalue weighted by atomic mass is 10.1. The van der Waals surface area contributed by atoms with Gasteiger partial charge >= 0.3 is 0 Å². The maximum Gasteiger partial charge on any atom is 0.259 e. The molecule has 0 bridgehead atoms. The van der Waals surface area contributed by atoms with Gasteiger partial charge in [-0.05, 0) is 28.1 Å². The number of hydrogen-bond donors (Lipinski definition) is 3. The SMILES string of the molecule is CN/C=C(\C=N)CN(C)C(=O)c1c(N)ccc(Br)c1F. The molecule has 20 heavy (non-hydrogen) atoms. The zero-order valence-electron chi connectivity index (χ0n) is 11.2. The largest absolute Gasteiger partial charge is 0.398 e. The fourth-order valence-corrected chi connectivity index (χ4v) is 1.97. The summed E-state index contributed by atoms with van der Waals surface area (Å²) in [4.78, 5) is 13.6. The minimum absolute atomic E-state index is 0.0801. The molecule has 0 aliphatic rings. The van der Waals surface area contributed by atoms with Gasteiger partial charge in [0, 0.05) is 44.3 Å². The van der Waals surface area contributed by atoms with Gasteiger partial charge in [0.25, 0.3) is 5.91 Å². The van der Waals surface area contributed by atoms with Gasteiger partial charge in [-0.25, -0.2) is 4.39 Å². The monoisotopic (exact) mass is 342 g/mol. The average molecular weight is 343 g/mol. The smallest absolute Gasteiger partial charge is 0.259 e. The number of nitrogens with zero attached hydrogens (tertiary/aromatic N) is 1. The Morgan fingerprint density at radius 2 is 2.25 bits per heavy atom. The number of nitrogen functional groups attached to an aromatic ring is 1. The van der Waals surface area contributed by atoms with E-state index in [1.54, 1.807) is 13.2 Å². The summed E-state index contributed by atoms with van der Waals surface area (Å²) >= 11 is 3.03. The highest BCUT2D eigenvalue weighted by molar-refractivity contribution is 9.10. The van der Waals surface area contributed by atoms with E-state index in [4.69, 9.17) is 11.1 Å². The second-order valence-electron chi connectivity index (χ2n) is 4.14. The maximum absolute atomic E-state index is 14.0. The van der Waals surface area contributed by atoms with E-state index in [-0.39, 0.29) is 22.3 Å². The number of nitrogens with two attached hydrogens (primary N) is 1. The van der Waals surface area contributed by atoms with Crippen LogP contribution < -0.4 is 11.1 Å². The van der Waals surface area contributed by atoms with E-state index in [9.17, 15) is 9.18 Å². The van der Waals surface area contributed by atoms with Crippen LogP contribution in [0.5, 0.6) is 0 Å². The lowest BCUT2D eigenvalue weighted by Gasteiger charge is -2.19. The molecule has 0 saturated carbocycles. The number of anilines is 1. The third-order valence-corrected chi connectivity index (χ3v) is 3.23. The van der Waals surface area contributed by atoms with Crippen LogP contribution in [0.2, 0.25) is 0 Å². The summed E-state index contributed by atoms with van der Waals surface area (Å²) < 4.78 is 14.2. The molecular weight excluding hydrogens is 327 g/mol. The van der Waals surface area contributed by atoms with Crippen molar-refractivity contribution in [2.24, 2.45) is 0 Å². The fraction of sp³-hybridized carbons (Fsp3) is 0.231. The summed E-state index contributed by atoms with van der Waals surface area (Å²) in [5.41, 5.74) is 6.16. The molecule has 4 N–H and O–H groups in total. The van der Waals surface area contributed by atoms with Crippen molar-refractivity contribution in [2.75, 3.05) is 26.4 Å². The van der Waals surface area contributed by atoms with E-state index >= 15 is 0 Å². The third-order valence-electron chi connectivity index (χ3n) is 2.62. The van der Waals surface area contributed by atoms with Gasteiger partial charge in [0.2, 0.25) is 0 Å². The van der Waals surface area contributed by atoms with Gasteiger partial charge in [-0.15, -0.1) is 0 Å². The van der Waals surface area contributed by atoms with Crippen molar-refractivity contribution >= 4 is 33.7 Å². The van der Waals surface area contributed by atoms with Crippen molar-refractivity contribution in [1.29, 1.82) is 5.41 Å². The second-order valence-corrected chi connectivity index (χ2v) is 4.99. The molecular formula is C13H16BrFN4O. The summed E-state index contributed by atoms with van der Waals surface area (Å²) in [6.07, 6.45) is 2.72. The summed E-state index contributed by atoms with van der Waals surface area (Å²) in [5, 5.41) is 10.0. The number of rotatable bonds is 5. The van der Waals surface area contributed by atoms with Crippen LogP contribution in [0.3, 0.4) is 0 Å². The van der Waals surface area contributed by atoms with Gasteiger partial charge < -0.3 is 21.4 Å². The zero-order valence-corrected chi connectivity index (χ0v) is 12.8. The molecule has 5 nitrogen and oxygen atoms in total. The van der Waals surface area contributed by atoms with Crippen molar-refractivity contribution < 1.29 is 9.18 Å². The molecule has 0 aliphatic carbocycles. The Morgan fingerprint density at radius 3 is 2.80 bits per heavy atom. The van der Waals surface area contributed by atoms with Crippen LogP contribution in [0.15, 0.2) is 28.4 Å². The van der Waals surface area contributed by atoms with Gasteiger partial charge in [-0.2, -0.15) is 0 Å². The van der Waals surface area contributed by atoms with E-state index in [0.717, 1.165) is 6.21 Å². The summed E-state index contributed by atoms with van der Waals surface area (Å²) in [6, 6.07) is 2.92. The van der Waals surface area contributed by atoms with Gasteiger partial charge in [0.15, 0.2) is 5.82 Å². The Morgan fingerprint density at radius 1 is 1.60 bits per heavy atom. The first-order valence-electron chi connectivity index (χ1n) is 5.78. The Labute approximate surface area is 125 Å². The van der Waals surface area contributed by atoms with Crippen LogP contribution in [0, 0.1) is 11.2 Å². The first-order chi connectivity index (χ1) is 9.42. The van der Waals surface area contributed by atoms with Crippen molar-refractivity contribution in [3.05, 3.63) is 39.8 Å². The molecule has 7 heteroatoms. The quantitative estimate of drug-likeness (QED) is 0.565. The first kappa shape index (κ1) is 16.2. The molecule has 0 spiro atoms. The number of likely N-dealkylation sites (N-methyl/N-ethyl adjacent to an activating group) is 1. The highest BCUT2D eigenvalue weighted by Gasteiger charge is 2.21. The Bertz CT molecular complexity index is 560. The fourth-order valence-electron chi connectivity index (χ4n) is 1.64. The molecule has 0 heterocycles. The standard InChI is InChI=1S/C13H16BrFN4O/c1-18-6-8(5-16)7-19(2)13(20)11-10(17)4-3-9(14)12(11)15/h3-6,16,18H,7,17H2,1-2H3/b8-6+,16-5?. The Hall–Kier alpha value is -1.89. The molecule has 0 fully saturated rings. The van der Waals surface area contributed by atoms with Gasteiger partial charge in [-0.1, -0.05) is 0 Å². The number of carbonyl (C=O) groups is 1. The van der Waals surface area contributed by atoms with E-state index in [0.29, 0.717) is 5.57 Å². The Kier molecular flexibility index (Phi) is 5.69. The maximum atomic E-state index is 14.0. The van der Waals surface area contributed by atoms with Crippen molar-refractivity contribution in [1.82, 2.24) is 10.2 Å². The average Bonchev–Trinajstić information content (AvgIpc) is 2.42. The molecule has 1 aromatic rings. The molecule has 108 valence electrons. The molecule has 0 radical (unpaired) electrons. The molecule has 0 aliphatic heterocycles. The van der Waals surface area contributed by atoms with Gasteiger partial charge in [-0.3, -0.25) is 4.79 Å². The van der Waals surface area contributed by atoms with Crippen LogP contribution in [-0.4, -0.2) is 37.7 Å². The molecule has 0 unspecified atom stereocenters. The van der Waals surface area contributed by atoms with Gasteiger partial charge in [0.1, 0.15) is 0 Å². The van der Waals surface area contributed by atoms with E-state index in [2.05, 4.69) is 21.2 Å². The summed E-state index contributed by atoms with van der Waals surface area (Å²) in [7, 11) is 3.21. The van der Waals surface area contributed by atoms with Crippen LogP contribution in [0.1, 0.15) is 10.4 Å². The molecule has 1 rings (SSSR count). The highest BCUT2D eigenvalue weighted by Crippen LogP contribution is 2.25. The number of nitrogens with one attached hydrogen (secondary N) is 2. The number of halogens is 2. The lowest BCUT2D eigenvalue weighted by Crippen LogP contribution is -2.31. The van der Waals surface area contributed by atoms with Crippen LogP contribution in [0.4, 0.5) is 10.1 Å². The minimum Gasteiger partial charge on any atom is -0.398 e. The van der Waals surface area contributed by atoms with Crippen molar-refractivity contribution in [3.63, 3.8) is 0 Å². The topological polar surface area (TPSA) is 82.2 Å². The third kappa shape index (κ3) is 3.57. The molecule has 1 aromatic carbocycles. The predicted molar refractivity (Wildman–Crippen MR) is 81.4 cm³/mol. The highest BCUT2D eigenvalue weighted by atomic mass is 79.9. The van der Waals surface area contributed by atoms with Crippen LogP contribution >= 0.6 is 15.9 Å². The molecule has 1 amide bonds. The number of benzene rings is 1. The number of carbonyl (C=O) groups excluding carboxylic acids is 1. The van der Waals surface area contributed by atoms with Crippen molar-refractivity contribution in [2.45, 2.75) is 0 Å². The second kappa shape index (κ2) is 7.04. The summed E-state index contributed by atoms with van der Waals surface area (Å²) in [5.74, 6) is -1.22. The van der Waals surface area contributed by atoms with E-state index < -0.39 is 11.7 Å². The summed E-state index contributed by atoms with van der Waals surface area (Å²) in [6.45, 7) is 0.175. The lowest BCUT2D eigenvalue weighted by molar-refractivity contribution is 0.0805. The molecule has 0 saturated heterocycles.